The van der Waals surface area contributed by atoms with E-state index in [0.717, 1.165) is 18.0 Å². The molecule has 2 aromatic rings. The van der Waals surface area contributed by atoms with Crippen LogP contribution >= 0.6 is 0 Å². The zero-order valence-electron chi connectivity index (χ0n) is 11.3. The highest BCUT2D eigenvalue weighted by Crippen LogP contribution is 2.25. The largest absolute Gasteiger partial charge is 0.492 e. The summed E-state index contributed by atoms with van der Waals surface area (Å²) in [7, 11) is 0. The lowest BCUT2D eigenvalue weighted by atomic mass is 10.1. The van der Waals surface area contributed by atoms with Gasteiger partial charge in [-0.1, -0.05) is 0 Å². The normalized spacial score (nSPS) is 10.2. The van der Waals surface area contributed by atoms with Crippen molar-refractivity contribution < 1.29 is 4.74 Å². The van der Waals surface area contributed by atoms with Gasteiger partial charge in [0.1, 0.15) is 5.75 Å². The molecule has 19 heavy (non-hydrogen) atoms. The molecule has 1 aromatic carbocycles. The molecule has 0 saturated carbocycles. The molecule has 100 valence electrons. The van der Waals surface area contributed by atoms with Crippen molar-refractivity contribution in [2.45, 2.75) is 20.4 Å². The van der Waals surface area contributed by atoms with Crippen LogP contribution in [0.1, 0.15) is 18.1 Å². The lowest BCUT2D eigenvalue weighted by molar-refractivity contribution is 0.342. The second kappa shape index (κ2) is 6.09. The lowest BCUT2D eigenvalue weighted by Crippen LogP contribution is -2.03. The van der Waals surface area contributed by atoms with E-state index in [2.05, 4.69) is 17.2 Å². The maximum atomic E-state index is 5.84. The van der Waals surface area contributed by atoms with Crippen molar-refractivity contribution in [2.24, 2.45) is 0 Å². The molecule has 1 aromatic heterocycles. The third kappa shape index (κ3) is 3.37. The Morgan fingerprint density at radius 2 is 2.16 bits per heavy atom. The summed E-state index contributed by atoms with van der Waals surface area (Å²) in [6.07, 6.45) is 3.68. The summed E-state index contributed by atoms with van der Waals surface area (Å²) >= 11 is 0. The highest BCUT2D eigenvalue weighted by molar-refractivity contribution is 5.61. The number of anilines is 2. The van der Waals surface area contributed by atoms with Crippen molar-refractivity contribution >= 4 is 11.4 Å². The van der Waals surface area contributed by atoms with E-state index in [0.29, 0.717) is 12.3 Å². The Morgan fingerprint density at radius 3 is 2.89 bits per heavy atom. The summed E-state index contributed by atoms with van der Waals surface area (Å²) in [6, 6.07) is 7.73. The van der Waals surface area contributed by atoms with Crippen molar-refractivity contribution in [1.82, 2.24) is 4.98 Å². The van der Waals surface area contributed by atoms with E-state index < -0.39 is 0 Å². The first-order valence-electron chi connectivity index (χ1n) is 6.36. The van der Waals surface area contributed by atoms with E-state index >= 15 is 0 Å². The molecule has 0 saturated heterocycles. The van der Waals surface area contributed by atoms with Gasteiger partial charge in [0.25, 0.3) is 0 Å². The number of rotatable bonds is 5. The van der Waals surface area contributed by atoms with Gasteiger partial charge in [-0.05, 0) is 43.2 Å². The van der Waals surface area contributed by atoms with Gasteiger partial charge in [0.2, 0.25) is 0 Å². The van der Waals surface area contributed by atoms with Gasteiger partial charge in [-0.2, -0.15) is 0 Å². The first-order valence-corrected chi connectivity index (χ1v) is 6.36. The summed E-state index contributed by atoms with van der Waals surface area (Å²) < 4.78 is 5.48. The molecule has 0 unspecified atom stereocenters. The predicted molar refractivity (Wildman–Crippen MR) is 78.3 cm³/mol. The zero-order valence-corrected chi connectivity index (χ0v) is 11.3. The maximum Gasteiger partial charge on any atom is 0.144 e. The first-order chi connectivity index (χ1) is 9.20. The fraction of sp³-hybridized carbons (Fsp3) is 0.267. The van der Waals surface area contributed by atoms with Crippen LogP contribution < -0.4 is 15.8 Å². The van der Waals surface area contributed by atoms with Gasteiger partial charge in [0, 0.05) is 30.7 Å². The molecular weight excluding hydrogens is 238 g/mol. The summed E-state index contributed by atoms with van der Waals surface area (Å²) in [4.78, 5) is 4.13. The van der Waals surface area contributed by atoms with E-state index in [1.807, 2.05) is 37.4 Å². The molecule has 2 rings (SSSR count). The van der Waals surface area contributed by atoms with Crippen molar-refractivity contribution in [3.05, 3.63) is 47.8 Å². The van der Waals surface area contributed by atoms with Crippen molar-refractivity contribution in [3.8, 4) is 5.75 Å². The third-order valence-corrected chi connectivity index (χ3v) is 2.94. The topological polar surface area (TPSA) is 60.2 Å². The van der Waals surface area contributed by atoms with Gasteiger partial charge in [-0.25, -0.2) is 0 Å². The van der Waals surface area contributed by atoms with Gasteiger partial charge in [0.05, 0.1) is 12.3 Å². The van der Waals surface area contributed by atoms with E-state index in [1.165, 1.54) is 11.1 Å². The monoisotopic (exact) mass is 257 g/mol. The highest BCUT2D eigenvalue weighted by atomic mass is 16.5. The number of nitrogens with two attached hydrogens (primary N) is 1. The SMILES string of the molecule is CCOc1cc(NCc2cnccc2C)ccc1N. The fourth-order valence-electron chi connectivity index (χ4n) is 1.80. The number of nitrogen functional groups attached to an aromatic ring is 1. The summed E-state index contributed by atoms with van der Waals surface area (Å²) in [5, 5.41) is 3.35. The molecule has 0 bridgehead atoms. The molecule has 0 radical (unpaired) electrons. The quantitative estimate of drug-likeness (QED) is 0.808. The summed E-state index contributed by atoms with van der Waals surface area (Å²) in [5.41, 5.74) is 9.89. The number of hydrogen-bond acceptors (Lipinski definition) is 4. The van der Waals surface area contributed by atoms with Crippen molar-refractivity contribution in [2.75, 3.05) is 17.7 Å². The Kier molecular flexibility index (Phi) is 4.23. The number of pyridine rings is 1. The Morgan fingerprint density at radius 1 is 1.32 bits per heavy atom. The highest BCUT2D eigenvalue weighted by Gasteiger charge is 2.03. The third-order valence-electron chi connectivity index (χ3n) is 2.94. The minimum Gasteiger partial charge on any atom is -0.492 e. The average Bonchev–Trinajstić information content (AvgIpc) is 2.41. The van der Waals surface area contributed by atoms with Crippen LogP contribution in [0.2, 0.25) is 0 Å². The number of nitrogens with one attached hydrogen (secondary N) is 1. The number of ether oxygens (including phenoxy) is 1. The summed E-state index contributed by atoms with van der Waals surface area (Å²) in [6.45, 7) is 5.36. The van der Waals surface area contributed by atoms with Gasteiger partial charge < -0.3 is 15.8 Å². The number of nitrogens with zero attached hydrogens (tertiary/aromatic N) is 1. The molecule has 1 heterocycles. The lowest BCUT2D eigenvalue weighted by Gasteiger charge is -2.12. The number of benzene rings is 1. The minimum absolute atomic E-state index is 0.607. The molecule has 0 atom stereocenters. The molecule has 0 aliphatic rings. The number of hydrogen-bond donors (Lipinski definition) is 2. The van der Waals surface area contributed by atoms with E-state index in [4.69, 9.17) is 10.5 Å². The van der Waals surface area contributed by atoms with Crippen LogP contribution in [0.3, 0.4) is 0 Å². The Bertz CT molecular complexity index is 555. The van der Waals surface area contributed by atoms with Crippen LogP contribution in [-0.2, 0) is 6.54 Å². The maximum absolute atomic E-state index is 5.84. The molecule has 0 aliphatic carbocycles. The van der Waals surface area contributed by atoms with Gasteiger partial charge in [-0.3, -0.25) is 4.98 Å². The second-order valence-corrected chi connectivity index (χ2v) is 4.34. The van der Waals surface area contributed by atoms with E-state index in [1.54, 1.807) is 6.20 Å². The number of aromatic nitrogens is 1. The van der Waals surface area contributed by atoms with Crippen LogP contribution in [0.5, 0.6) is 5.75 Å². The van der Waals surface area contributed by atoms with E-state index in [-0.39, 0.29) is 0 Å². The molecule has 0 amide bonds. The molecule has 4 heteroatoms. The minimum atomic E-state index is 0.607. The van der Waals surface area contributed by atoms with Crippen LogP contribution in [0, 0.1) is 6.92 Å². The Balaban J connectivity index is 2.07. The Labute approximate surface area is 113 Å². The molecule has 3 N–H and O–H groups in total. The Hall–Kier alpha value is -2.23. The van der Waals surface area contributed by atoms with Crippen LogP contribution in [-0.4, -0.2) is 11.6 Å². The molecule has 0 aliphatic heterocycles. The van der Waals surface area contributed by atoms with Crippen molar-refractivity contribution in [3.63, 3.8) is 0 Å². The molecule has 4 nitrogen and oxygen atoms in total. The predicted octanol–water partition coefficient (Wildman–Crippen LogP) is 2.98. The standard InChI is InChI=1S/C15H19N3O/c1-3-19-15-8-13(4-5-14(15)16)18-10-12-9-17-7-6-11(12)2/h4-9,18H,3,10,16H2,1-2H3. The fourth-order valence-corrected chi connectivity index (χ4v) is 1.80. The average molecular weight is 257 g/mol. The van der Waals surface area contributed by atoms with Crippen LogP contribution in [0.4, 0.5) is 11.4 Å². The number of aryl methyl sites for hydroxylation is 1. The summed E-state index contributed by atoms with van der Waals surface area (Å²) in [5.74, 6) is 0.718. The molecule has 0 spiro atoms. The first kappa shape index (κ1) is 13.2. The van der Waals surface area contributed by atoms with Crippen molar-refractivity contribution in [1.29, 1.82) is 0 Å². The zero-order chi connectivity index (χ0) is 13.7. The van der Waals surface area contributed by atoms with Gasteiger partial charge >= 0.3 is 0 Å². The van der Waals surface area contributed by atoms with Gasteiger partial charge in [-0.15, -0.1) is 0 Å². The molecule has 0 fully saturated rings. The van der Waals surface area contributed by atoms with E-state index in [9.17, 15) is 0 Å². The van der Waals surface area contributed by atoms with Crippen LogP contribution in [0.25, 0.3) is 0 Å². The smallest absolute Gasteiger partial charge is 0.144 e. The second-order valence-electron chi connectivity index (χ2n) is 4.34. The van der Waals surface area contributed by atoms with Gasteiger partial charge in [0.15, 0.2) is 0 Å². The molecular formula is C15H19N3O. The van der Waals surface area contributed by atoms with Crippen LogP contribution in [0.15, 0.2) is 36.7 Å².